The lowest BCUT2D eigenvalue weighted by atomic mass is 10.1. The van der Waals surface area contributed by atoms with E-state index in [1.54, 1.807) is 0 Å². The third kappa shape index (κ3) is 2.10. The highest BCUT2D eigenvalue weighted by Crippen LogP contribution is 2.15. The molecule has 2 aromatic rings. The molecule has 0 atom stereocenters. The highest BCUT2D eigenvalue weighted by atomic mass is 32.1. The Kier molecular flexibility index (Phi) is 2.79. The van der Waals surface area contributed by atoms with Crippen molar-refractivity contribution in [1.82, 2.24) is 7.91 Å². The van der Waals surface area contributed by atoms with E-state index in [0.29, 0.717) is 0 Å². The lowest BCUT2D eigenvalue weighted by molar-refractivity contribution is 0.418. The van der Waals surface area contributed by atoms with Gasteiger partial charge in [-0.05, 0) is 32.9 Å². The lowest BCUT2D eigenvalue weighted by Gasteiger charge is -2.17. The summed E-state index contributed by atoms with van der Waals surface area (Å²) in [6, 6.07) is 9.17. The Morgan fingerprint density at radius 3 is 2.06 bits per heavy atom. The van der Waals surface area contributed by atoms with Gasteiger partial charge in [0.2, 0.25) is 0 Å². The van der Waals surface area contributed by atoms with E-state index in [-0.39, 0.29) is 5.54 Å². The average Bonchev–Trinajstić information content (AvgIpc) is 2.57. The van der Waals surface area contributed by atoms with Gasteiger partial charge in [0.05, 0.1) is 11.2 Å². The molecule has 1 aromatic carbocycles. The van der Waals surface area contributed by atoms with Gasteiger partial charge in [0.15, 0.2) is 0 Å². The van der Waals surface area contributed by atoms with Crippen molar-refractivity contribution in [3.63, 3.8) is 0 Å². The maximum absolute atomic E-state index is 11.9. The van der Waals surface area contributed by atoms with Gasteiger partial charge in [-0.3, -0.25) is 9.59 Å². The molecule has 0 saturated heterocycles. The first-order valence-electron chi connectivity index (χ1n) is 5.33. The van der Waals surface area contributed by atoms with Crippen molar-refractivity contribution in [2.24, 2.45) is 0 Å². The van der Waals surface area contributed by atoms with E-state index in [9.17, 15) is 9.59 Å². The first kappa shape index (κ1) is 11.9. The predicted octanol–water partition coefficient (Wildman–Crippen LogP) is 1.82. The molecule has 0 aliphatic rings. The van der Waals surface area contributed by atoms with Crippen LogP contribution in [0.4, 0.5) is 0 Å². The monoisotopic (exact) mass is 250 g/mol. The van der Waals surface area contributed by atoms with Gasteiger partial charge in [0, 0.05) is 11.7 Å². The van der Waals surface area contributed by atoms with Crippen molar-refractivity contribution >= 4 is 11.7 Å². The van der Waals surface area contributed by atoms with Crippen LogP contribution in [-0.4, -0.2) is 7.91 Å². The van der Waals surface area contributed by atoms with Crippen LogP contribution in [0.1, 0.15) is 20.8 Å². The molecule has 90 valence electrons. The number of hydrogen-bond donors (Lipinski definition) is 0. The van der Waals surface area contributed by atoms with Crippen LogP contribution in [0.25, 0.3) is 5.69 Å². The van der Waals surface area contributed by atoms with Crippen molar-refractivity contribution < 1.29 is 0 Å². The molecule has 0 spiro atoms. The molecule has 0 saturated carbocycles. The summed E-state index contributed by atoms with van der Waals surface area (Å²) in [5.74, 6) is 0. The largest absolute Gasteiger partial charge is 0.332 e. The molecule has 0 aliphatic heterocycles. The summed E-state index contributed by atoms with van der Waals surface area (Å²) in [5.41, 5.74) is -0.605. The second-order valence-corrected chi connectivity index (χ2v) is 5.68. The van der Waals surface area contributed by atoms with Gasteiger partial charge >= 0.3 is 11.1 Å². The van der Waals surface area contributed by atoms with E-state index < -0.39 is 11.1 Å². The molecular weight excluding hydrogens is 236 g/mol. The maximum Gasteiger partial charge on any atom is 0.332 e. The van der Waals surface area contributed by atoms with E-state index in [1.165, 1.54) is 7.91 Å². The zero-order chi connectivity index (χ0) is 12.6. The number of aromatic nitrogens is 2. The topological polar surface area (TPSA) is 44.0 Å². The van der Waals surface area contributed by atoms with E-state index in [1.807, 2.05) is 51.1 Å². The standard InChI is InChI=1S/C12H14N2O2S/c1-12(2,3)14-11(16)10(15)13(17-14)9-7-5-4-6-8-9/h4-8H,1-3H3. The zero-order valence-electron chi connectivity index (χ0n) is 10.0. The fourth-order valence-electron chi connectivity index (χ4n) is 1.48. The zero-order valence-corrected chi connectivity index (χ0v) is 10.8. The van der Waals surface area contributed by atoms with Crippen molar-refractivity contribution in [3.8, 4) is 5.69 Å². The van der Waals surface area contributed by atoms with E-state index >= 15 is 0 Å². The molecule has 1 heterocycles. The fourth-order valence-corrected chi connectivity index (χ4v) is 2.41. The van der Waals surface area contributed by atoms with E-state index in [0.717, 1.165) is 17.4 Å². The smallest absolute Gasteiger partial charge is 0.262 e. The molecule has 0 amide bonds. The van der Waals surface area contributed by atoms with Gasteiger partial charge in [0.25, 0.3) is 0 Å². The normalized spacial score (nSPS) is 11.7. The minimum Gasteiger partial charge on any atom is -0.262 e. The van der Waals surface area contributed by atoms with Crippen molar-refractivity contribution in [3.05, 3.63) is 51.0 Å². The van der Waals surface area contributed by atoms with Crippen LogP contribution in [-0.2, 0) is 5.54 Å². The number of hydrogen-bond acceptors (Lipinski definition) is 3. The van der Waals surface area contributed by atoms with Crippen molar-refractivity contribution in [2.75, 3.05) is 0 Å². The Labute approximate surface area is 103 Å². The Balaban J connectivity index is 2.68. The Bertz CT molecular complexity index is 629. The van der Waals surface area contributed by atoms with Crippen LogP contribution in [0.15, 0.2) is 39.9 Å². The highest BCUT2D eigenvalue weighted by molar-refractivity contribution is 7.01. The molecular formula is C12H14N2O2S. The fraction of sp³-hybridized carbons (Fsp3) is 0.333. The van der Waals surface area contributed by atoms with Gasteiger partial charge < -0.3 is 0 Å². The van der Waals surface area contributed by atoms with E-state index in [2.05, 4.69) is 0 Å². The molecule has 0 radical (unpaired) electrons. The van der Waals surface area contributed by atoms with Crippen LogP contribution in [0.2, 0.25) is 0 Å². The van der Waals surface area contributed by atoms with Crippen molar-refractivity contribution in [2.45, 2.75) is 26.3 Å². The number of benzene rings is 1. The maximum atomic E-state index is 11.9. The summed E-state index contributed by atoms with van der Waals surface area (Å²) in [5, 5.41) is 0. The Morgan fingerprint density at radius 2 is 1.59 bits per heavy atom. The molecule has 5 heteroatoms. The minimum atomic E-state index is -0.490. The van der Waals surface area contributed by atoms with Gasteiger partial charge in [-0.15, -0.1) is 0 Å². The Morgan fingerprint density at radius 1 is 1.00 bits per heavy atom. The lowest BCUT2D eigenvalue weighted by Crippen LogP contribution is -2.36. The minimum absolute atomic E-state index is 0.374. The second kappa shape index (κ2) is 4.00. The summed E-state index contributed by atoms with van der Waals surface area (Å²) in [4.78, 5) is 23.7. The van der Waals surface area contributed by atoms with Gasteiger partial charge in [-0.2, -0.15) is 0 Å². The third-order valence-electron chi connectivity index (χ3n) is 2.32. The van der Waals surface area contributed by atoms with Crippen molar-refractivity contribution in [1.29, 1.82) is 0 Å². The summed E-state index contributed by atoms with van der Waals surface area (Å²) >= 11 is 1.15. The molecule has 1 aromatic heterocycles. The molecule has 0 aliphatic carbocycles. The van der Waals surface area contributed by atoms with Crippen LogP contribution in [0.5, 0.6) is 0 Å². The molecule has 0 unspecified atom stereocenters. The third-order valence-corrected chi connectivity index (χ3v) is 3.73. The summed E-state index contributed by atoms with van der Waals surface area (Å²) < 4.78 is 2.93. The average molecular weight is 250 g/mol. The Hall–Kier alpha value is -1.62. The predicted molar refractivity (Wildman–Crippen MR) is 69.2 cm³/mol. The summed E-state index contributed by atoms with van der Waals surface area (Å²) in [7, 11) is 0. The van der Waals surface area contributed by atoms with Gasteiger partial charge in [0.1, 0.15) is 0 Å². The molecule has 0 bridgehead atoms. The second-order valence-electron chi connectivity index (χ2n) is 4.79. The number of para-hydroxylation sites is 1. The van der Waals surface area contributed by atoms with Crippen LogP contribution in [0.3, 0.4) is 0 Å². The highest BCUT2D eigenvalue weighted by Gasteiger charge is 2.21. The SMILES string of the molecule is CC(C)(C)n1sn(-c2ccccc2)c(=O)c1=O. The summed E-state index contributed by atoms with van der Waals surface area (Å²) in [6.07, 6.45) is 0. The number of rotatable bonds is 1. The molecule has 0 fully saturated rings. The van der Waals surface area contributed by atoms with Gasteiger partial charge in [-0.1, -0.05) is 18.2 Å². The number of nitrogens with zero attached hydrogens (tertiary/aromatic N) is 2. The first-order valence-corrected chi connectivity index (χ1v) is 6.06. The molecule has 17 heavy (non-hydrogen) atoms. The molecule has 4 nitrogen and oxygen atoms in total. The molecule has 0 N–H and O–H groups in total. The van der Waals surface area contributed by atoms with Crippen LogP contribution >= 0.6 is 11.7 Å². The van der Waals surface area contributed by atoms with Crippen LogP contribution < -0.4 is 11.1 Å². The quantitative estimate of drug-likeness (QED) is 0.725. The van der Waals surface area contributed by atoms with Gasteiger partial charge in [-0.25, -0.2) is 7.91 Å². The summed E-state index contributed by atoms with van der Waals surface area (Å²) in [6.45, 7) is 5.71. The van der Waals surface area contributed by atoms with Crippen LogP contribution in [0, 0.1) is 0 Å². The molecule has 2 rings (SSSR count). The van der Waals surface area contributed by atoms with E-state index in [4.69, 9.17) is 0 Å². The first-order chi connectivity index (χ1) is 7.91.